The third-order valence-electron chi connectivity index (χ3n) is 1.52. The first-order chi connectivity index (χ1) is 6.06. The number of allylic oxidation sites excluding steroid dienone is 1. The minimum atomic E-state index is -3.26. The van der Waals surface area contributed by atoms with Crippen LogP contribution in [-0.4, -0.2) is 8.42 Å². The zero-order valence-electron chi connectivity index (χ0n) is 7.27. The van der Waals surface area contributed by atoms with Crippen molar-refractivity contribution < 1.29 is 8.42 Å². The van der Waals surface area contributed by atoms with E-state index in [4.69, 9.17) is 5.73 Å². The molecule has 0 amide bonds. The average molecular weight is 197 g/mol. The molecule has 1 rings (SSSR count). The highest BCUT2D eigenvalue weighted by atomic mass is 32.2. The first kappa shape index (κ1) is 9.80. The summed E-state index contributed by atoms with van der Waals surface area (Å²) in [6, 6.07) is 6.11. The molecule has 0 bridgehead atoms. The van der Waals surface area contributed by atoms with Gasteiger partial charge in [-0.2, -0.15) is 0 Å². The smallest absolute Gasteiger partial charge is 0.199 e. The Morgan fingerprint density at radius 2 is 1.77 bits per heavy atom. The molecule has 0 radical (unpaired) electrons. The SMILES string of the molecule is CC=CS(=O)(=O)c1ccc(N)cc1. The fourth-order valence-corrected chi connectivity index (χ4v) is 1.95. The Bertz CT molecular complexity index is 404. The number of nitrogens with two attached hydrogens (primary N) is 1. The van der Waals surface area contributed by atoms with E-state index in [1.165, 1.54) is 23.6 Å². The molecule has 0 fully saturated rings. The lowest BCUT2D eigenvalue weighted by Crippen LogP contribution is -1.96. The van der Waals surface area contributed by atoms with Crippen LogP contribution in [0.25, 0.3) is 0 Å². The number of hydrogen-bond donors (Lipinski definition) is 1. The Morgan fingerprint density at radius 1 is 1.23 bits per heavy atom. The molecule has 13 heavy (non-hydrogen) atoms. The molecule has 3 nitrogen and oxygen atoms in total. The van der Waals surface area contributed by atoms with Crippen LogP contribution in [0.4, 0.5) is 5.69 Å². The molecule has 0 saturated heterocycles. The van der Waals surface area contributed by atoms with Gasteiger partial charge in [-0.3, -0.25) is 0 Å². The highest BCUT2D eigenvalue weighted by Crippen LogP contribution is 2.13. The van der Waals surface area contributed by atoms with Crippen molar-refractivity contribution in [2.24, 2.45) is 0 Å². The van der Waals surface area contributed by atoms with Gasteiger partial charge in [-0.25, -0.2) is 8.42 Å². The minimum Gasteiger partial charge on any atom is -0.399 e. The quantitative estimate of drug-likeness (QED) is 0.732. The summed E-state index contributed by atoms with van der Waals surface area (Å²) in [5, 5.41) is 1.17. The summed E-state index contributed by atoms with van der Waals surface area (Å²) in [7, 11) is -3.26. The van der Waals surface area contributed by atoms with E-state index >= 15 is 0 Å². The van der Waals surface area contributed by atoms with Crippen LogP contribution in [-0.2, 0) is 9.84 Å². The predicted octanol–water partition coefficient (Wildman–Crippen LogP) is 1.58. The van der Waals surface area contributed by atoms with Crippen molar-refractivity contribution in [2.45, 2.75) is 11.8 Å². The van der Waals surface area contributed by atoms with E-state index in [0.717, 1.165) is 0 Å². The minimum absolute atomic E-state index is 0.264. The van der Waals surface area contributed by atoms with Crippen LogP contribution >= 0.6 is 0 Å². The number of benzene rings is 1. The second-order valence-electron chi connectivity index (χ2n) is 2.58. The fourth-order valence-electron chi connectivity index (χ4n) is 0.915. The van der Waals surface area contributed by atoms with E-state index in [9.17, 15) is 8.42 Å². The van der Waals surface area contributed by atoms with Crippen LogP contribution in [0, 0.1) is 0 Å². The zero-order chi connectivity index (χ0) is 9.90. The molecular weight excluding hydrogens is 186 g/mol. The molecule has 0 heterocycles. The monoisotopic (exact) mass is 197 g/mol. The number of hydrogen-bond acceptors (Lipinski definition) is 3. The van der Waals surface area contributed by atoms with E-state index < -0.39 is 9.84 Å². The molecule has 0 aliphatic carbocycles. The van der Waals surface area contributed by atoms with Crippen molar-refractivity contribution >= 4 is 15.5 Å². The van der Waals surface area contributed by atoms with Crippen LogP contribution in [0.1, 0.15) is 6.92 Å². The molecule has 0 spiro atoms. The number of nitrogen functional groups attached to an aromatic ring is 1. The standard InChI is InChI=1S/C9H11NO2S/c1-2-7-13(11,12)9-5-3-8(10)4-6-9/h2-7H,10H2,1H3. The van der Waals surface area contributed by atoms with Gasteiger partial charge in [-0.05, 0) is 31.2 Å². The summed E-state index contributed by atoms with van der Waals surface area (Å²) in [6.07, 6.45) is 1.49. The summed E-state index contributed by atoms with van der Waals surface area (Å²) in [5.74, 6) is 0. The van der Waals surface area contributed by atoms with Gasteiger partial charge in [0.15, 0.2) is 9.84 Å². The van der Waals surface area contributed by atoms with E-state index in [0.29, 0.717) is 5.69 Å². The second-order valence-corrected chi connectivity index (χ2v) is 4.42. The molecule has 70 valence electrons. The van der Waals surface area contributed by atoms with Crippen LogP contribution in [0.5, 0.6) is 0 Å². The Morgan fingerprint density at radius 3 is 2.23 bits per heavy atom. The van der Waals surface area contributed by atoms with Gasteiger partial charge in [0.05, 0.1) is 4.90 Å². The zero-order valence-corrected chi connectivity index (χ0v) is 8.08. The third kappa shape index (κ3) is 2.32. The number of sulfone groups is 1. The third-order valence-corrected chi connectivity index (χ3v) is 3.08. The maximum atomic E-state index is 11.4. The maximum absolute atomic E-state index is 11.4. The average Bonchev–Trinajstić information content (AvgIpc) is 2.05. The summed E-state index contributed by atoms with van der Waals surface area (Å²) in [4.78, 5) is 0.264. The Kier molecular flexibility index (Phi) is 2.72. The normalized spacial score (nSPS) is 12.1. The van der Waals surface area contributed by atoms with Gasteiger partial charge < -0.3 is 5.73 Å². The molecule has 0 aliphatic heterocycles. The highest BCUT2D eigenvalue weighted by Gasteiger charge is 2.08. The molecule has 0 aliphatic rings. The lowest BCUT2D eigenvalue weighted by Gasteiger charge is -1.98. The van der Waals surface area contributed by atoms with E-state index in [2.05, 4.69) is 0 Å². The van der Waals surface area contributed by atoms with Crippen LogP contribution in [0.2, 0.25) is 0 Å². The van der Waals surface area contributed by atoms with Crippen molar-refractivity contribution in [3.05, 3.63) is 35.7 Å². The number of rotatable bonds is 2. The van der Waals surface area contributed by atoms with Gasteiger partial charge in [-0.1, -0.05) is 6.08 Å². The van der Waals surface area contributed by atoms with Crippen molar-refractivity contribution in [3.8, 4) is 0 Å². The Hall–Kier alpha value is -1.29. The van der Waals surface area contributed by atoms with Gasteiger partial charge in [-0.15, -0.1) is 0 Å². The predicted molar refractivity (Wildman–Crippen MR) is 52.9 cm³/mol. The summed E-state index contributed by atoms with van der Waals surface area (Å²) < 4.78 is 22.8. The molecule has 4 heteroatoms. The van der Waals surface area contributed by atoms with Crippen LogP contribution < -0.4 is 5.73 Å². The Balaban J connectivity index is 3.17. The molecule has 0 saturated carbocycles. The maximum Gasteiger partial charge on any atom is 0.199 e. The summed E-state index contributed by atoms with van der Waals surface area (Å²) in [5.41, 5.74) is 5.99. The largest absolute Gasteiger partial charge is 0.399 e. The number of anilines is 1. The van der Waals surface area contributed by atoms with Gasteiger partial charge in [0, 0.05) is 11.1 Å². The molecule has 0 aromatic heterocycles. The molecular formula is C9H11NO2S. The van der Waals surface area contributed by atoms with Crippen molar-refractivity contribution in [1.29, 1.82) is 0 Å². The van der Waals surface area contributed by atoms with Gasteiger partial charge >= 0.3 is 0 Å². The van der Waals surface area contributed by atoms with Crippen molar-refractivity contribution in [1.82, 2.24) is 0 Å². The van der Waals surface area contributed by atoms with Crippen molar-refractivity contribution in [3.63, 3.8) is 0 Å². The van der Waals surface area contributed by atoms with E-state index in [1.807, 2.05) is 0 Å². The van der Waals surface area contributed by atoms with Gasteiger partial charge in [0.1, 0.15) is 0 Å². The highest BCUT2D eigenvalue weighted by molar-refractivity contribution is 7.94. The summed E-state index contributed by atoms with van der Waals surface area (Å²) >= 11 is 0. The lowest BCUT2D eigenvalue weighted by atomic mass is 10.3. The topological polar surface area (TPSA) is 60.2 Å². The first-order valence-electron chi connectivity index (χ1n) is 3.79. The molecule has 0 unspecified atom stereocenters. The van der Waals surface area contributed by atoms with E-state index in [-0.39, 0.29) is 4.90 Å². The summed E-state index contributed by atoms with van der Waals surface area (Å²) in [6.45, 7) is 1.66. The first-order valence-corrected chi connectivity index (χ1v) is 5.34. The lowest BCUT2D eigenvalue weighted by molar-refractivity contribution is 0.604. The van der Waals surface area contributed by atoms with Gasteiger partial charge in [0.2, 0.25) is 0 Å². The second kappa shape index (κ2) is 3.62. The fraction of sp³-hybridized carbons (Fsp3) is 0.111. The Labute approximate surface area is 77.8 Å². The van der Waals surface area contributed by atoms with Gasteiger partial charge in [0.25, 0.3) is 0 Å². The molecule has 1 aromatic rings. The van der Waals surface area contributed by atoms with Crippen LogP contribution in [0.15, 0.2) is 40.6 Å². The van der Waals surface area contributed by atoms with Crippen LogP contribution in [0.3, 0.4) is 0 Å². The molecule has 1 aromatic carbocycles. The van der Waals surface area contributed by atoms with E-state index in [1.54, 1.807) is 19.1 Å². The molecule has 2 N–H and O–H groups in total. The molecule has 0 atom stereocenters. The van der Waals surface area contributed by atoms with Crippen molar-refractivity contribution in [2.75, 3.05) is 5.73 Å².